The fraction of sp³-hybridized carbons (Fsp3) is 0.286. The van der Waals surface area contributed by atoms with Crippen molar-refractivity contribution in [1.82, 2.24) is 4.98 Å². The molecule has 3 nitrogen and oxygen atoms in total. The van der Waals surface area contributed by atoms with Gasteiger partial charge in [0.1, 0.15) is 11.8 Å². The van der Waals surface area contributed by atoms with Crippen LogP contribution in [0.3, 0.4) is 0 Å². The summed E-state index contributed by atoms with van der Waals surface area (Å²) in [4.78, 5) is 3.91. The van der Waals surface area contributed by atoms with Gasteiger partial charge in [-0.25, -0.2) is 11.1 Å². The van der Waals surface area contributed by atoms with E-state index in [1.165, 1.54) is 7.11 Å². The molecule has 1 aromatic heterocycles. The minimum atomic E-state index is 0. The zero-order chi connectivity index (χ0) is 7.40. The van der Waals surface area contributed by atoms with Gasteiger partial charge in [-0.15, -0.1) is 6.07 Å². The van der Waals surface area contributed by atoms with Crippen molar-refractivity contribution in [3.8, 4) is 11.8 Å². The first-order valence-electron chi connectivity index (χ1n) is 2.83. The fourth-order valence-corrected chi connectivity index (χ4v) is 0.572. The zero-order valence-corrected chi connectivity index (χ0v) is 6.92. The summed E-state index contributed by atoms with van der Waals surface area (Å²) >= 11 is 0. The number of pyridine rings is 1. The van der Waals surface area contributed by atoms with Gasteiger partial charge in [0.15, 0.2) is 0 Å². The Kier molecular flexibility index (Phi) is 4.76. The van der Waals surface area contributed by atoms with Gasteiger partial charge in [0, 0.05) is 0 Å². The topological polar surface area (TPSA) is 31.4 Å². The van der Waals surface area contributed by atoms with E-state index < -0.39 is 0 Å². The Bertz CT molecular complexity index is 198. The van der Waals surface area contributed by atoms with Gasteiger partial charge >= 0.3 is 18.9 Å². The third-order valence-electron chi connectivity index (χ3n) is 1.05. The molecule has 0 amide bonds. The van der Waals surface area contributed by atoms with E-state index in [-0.39, 0.29) is 18.9 Å². The Labute approximate surface area is 77.9 Å². The van der Waals surface area contributed by atoms with Gasteiger partial charge in [0.05, 0.1) is 14.2 Å². The molecule has 11 heavy (non-hydrogen) atoms. The summed E-state index contributed by atoms with van der Waals surface area (Å²) in [5.41, 5.74) is 0. The quantitative estimate of drug-likeness (QED) is 0.353. The first kappa shape index (κ1) is 10.3. The SMILES string of the molecule is COc1[c-]ccc(OC)n1.[Li+]. The standard InChI is InChI=1S/C7H8NO2.Li/c1-9-6-4-3-5-7(8-6)10-2;/h3-4H,1-2H3;/q-1;+1. The van der Waals surface area contributed by atoms with Crippen LogP contribution in [0.2, 0.25) is 0 Å². The molecule has 0 spiro atoms. The van der Waals surface area contributed by atoms with Crippen molar-refractivity contribution in [1.29, 1.82) is 0 Å². The maximum atomic E-state index is 4.85. The number of aromatic nitrogens is 1. The predicted octanol–water partition coefficient (Wildman–Crippen LogP) is -2.10. The summed E-state index contributed by atoms with van der Waals surface area (Å²) in [5.74, 6) is 0.981. The van der Waals surface area contributed by atoms with Crippen molar-refractivity contribution >= 4 is 0 Å². The van der Waals surface area contributed by atoms with Gasteiger partial charge in [-0.1, -0.05) is 0 Å². The monoisotopic (exact) mass is 145 g/mol. The molecule has 0 aromatic carbocycles. The molecule has 0 aliphatic heterocycles. The molecule has 4 heteroatoms. The Morgan fingerprint density at radius 2 is 2.09 bits per heavy atom. The number of hydrogen-bond acceptors (Lipinski definition) is 3. The van der Waals surface area contributed by atoms with Crippen molar-refractivity contribution in [3.05, 3.63) is 18.2 Å². The largest absolute Gasteiger partial charge is 1.00 e. The second kappa shape index (κ2) is 5.06. The van der Waals surface area contributed by atoms with E-state index in [9.17, 15) is 0 Å². The molecule has 0 saturated carbocycles. The molecule has 0 unspecified atom stereocenters. The molecular formula is C7H8LiNO2. The van der Waals surface area contributed by atoms with E-state index >= 15 is 0 Å². The van der Waals surface area contributed by atoms with Crippen molar-refractivity contribution in [2.45, 2.75) is 0 Å². The molecule has 0 radical (unpaired) electrons. The number of ether oxygens (including phenoxy) is 2. The van der Waals surface area contributed by atoms with Gasteiger partial charge < -0.3 is 9.47 Å². The Morgan fingerprint density at radius 1 is 1.36 bits per heavy atom. The Hall–Kier alpha value is -0.653. The van der Waals surface area contributed by atoms with Gasteiger partial charge in [-0.3, -0.25) is 0 Å². The minimum absolute atomic E-state index is 0. The number of methoxy groups -OCH3 is 2. The van der Waals surface area contributed by atoms with Crippen LogP contribution in [0.25, 0.3) is 0 Å². The van der Waals surface area contributed by atoms with Crippen molar-refractivity contribution in [3.63, 3.8) is 0 Å². The third kappa shape index (κ3) is 2.83. The van der Waals surface area contributed by atoms with E-state index in [4.69, 9.17) is 9.47 Å². The molecule has 0 N–H and O–H groups in total. The van der Waals surface area contributed by atoms with Crippen LogP contribution in [0.5, 0.6) is 11.8 Å². The molecule has 0 aliphatic carbocycles. The molecule has 0 saturated heterocycles. The average Bonchev–Trinajstić information content (AvgIpc) is 2.05. The Balaban J connectivity index is 0.000001000. The first-order valence-corrected chi connectivity index (χ1v) is 2.83. The van der Waals surface area contributed by atoms with E-state index in [1.54, 1.807) is 19.2 Å². The summed E-state index contributed by atoms with van der Waals surface area (Å²) in [7, 11) is 3.10. The summed E-state index contributed by atoms with van der Waals surface area (Å²) in [6.07, 6.45) is 0. The van der Waals surface area contributed by atoms with Crippen LogP contribution in [-0.4, -0.2) is 19.2 Å². The average molecular weight is 145 g/mol. The summed E-state index contributed by atoms with van der Waals surface area (Å²) in [5, 5.41) is 0. The maximum Gasteiger partial charge on any atom is 1.00 e. The van der Waals surface area contributed by atoms with Crippen LogP contribution < -0.4 is 28.3 Å². The van der Waals surface area contributed by atoms with Gasteiger partial charge in [-0.2, -0.15) is 6.07 Å². The van der Waals surface area contributed by atoms with E-state index in [0.717, 1.165) is 0 Å². The van der Waals surface area contributed by atoms with Crippen molar-refractivity contribution in [2.24, 2.45) is 0 Å². The van der Waals surface area contributed by atoms with Crippen LogP contribution in [0, 0.1) is 6.07 Å². The first-order chi connectivity index (χ1) is 4.86. The normalized spacial score (nSPS) is 8.18. The summed E-state index contributed by atoms with van der Waals surface area (Å²) in [6.45, 7) is 0. The molecule has 1 heterocycles. The minimum Gasteiger partial charge on any atom is -0.497 e. The van der Waals surface area contributed by atoms with Crippen LogP contribution in [0.4, 0.5) is 0 Å². The van der Waals surface area contributed by atoms with E-state index in [2.05, 4.69) is 11.1 Å². The maximum absolute atomic E-state index is 4.85. The molecule has 0 aliphatic rings. The Morgan fingerprint density at radius 3 is 2.64 bits per heavy atom. The fourth-order valence-electron chi connectivity index (χ4n) is 0.572. The van der Waals surface area contributed by atoms with Gasteiger partial charge in [0.25, 0.3) is 0 Å². The van der Waals surface area contributed by atoms with E-state index in [1.807, 2.05) is 0 Å². The molecule has 0 atom stereocenters. The molecule has 1 aromatic rings. The predicted molar refractivity (Wildman–Crippen MR) is 36.2 cm³/mol. The van der Waals surface area contributed by atoms with Crippen LogP contribution >= 0.6 is 0 Å². The van der Waals surface area contributed by atoms with Crippen LogP contribution in [-0.2, 0) is 0 Å². The van der Waals surface area contributed by atoms with Crippen molar-refractivity contribution < 1.29 is 28.3 Å². The van der Waals surface area contributed by atoms with Crippen LogP contribution in [0.1, 0.15) is 0 Å². The smallest absolute Gasteiger partial charge is 0.497 e. The zero-order valence-electron chi connectivity index (χ0n) is 6.92. The second-order valence-electron chi connectivity index (χ2n) is 1.64. The van der Waals surface area contributed by atoms with E-state index in [0.29, 0.717) is 11.8 Å². The number of hydrogen-bond donors (Lipinski definition) is 0. The molecular weight excluding hydrogens is 137 g/mol. The second-order valence-corrected chi connectivity index (χ2v) is 1.64. The molecule has 54 valence electrons. The summed E-state index contributed by atoms with van der Waals surface area (Å²) < 4.78 is 9.66. The third-order valence-corrected chi connectivity index (χ3v) is 1.05. The molecule has 0 fully saturated rings. The number of nitrogens with zero attached hydrogens (tertiary/aromatic N) is 1. The summed E-state index contributed by atoms with van der Waals surface area (Å²) in [6, 6.07) is 6.19. The van der Waals surface area contributed by atoms with Gasteiger partial charge in [-0.05, 0) is 0 Å². The van der Waals surface area contributed by atoms with Crippen LogP contribution in [0.15, 0.2) is 12.1 Å². The van der Waals surface area contributed by atoms with Gasteiger partial charge in [0.2, 0.25) is 0 Å². The molecule has 0 bridgehead atoms. The number of rotatable bonds is 2. The molecule has 1 rings (SSSR count). The van der Waals surface area contributed by atoms with Crippen molar-refractivity contribution in [2.75, 3.05) is 14.2 Å².